The molecule has 2 saturated carbocycles. The minimum absolute atomic E-state index is 0.232. The first-order chi connectivity index (χ1) is 13.4. The minimum Gasteiger partial charge on any atom is -0.468 e. The van der Waals surface area contributed by atoms with E-state index < -0.39 is 5.41 Å². The van der Waals surface area contributed by atoms with E-state index in [1.807, 2.05) is 6.92 Å². The van der Waals surface area contributed by atoms with E-state index in [1.54, 1.807) is 24.3 Å². The quantitative estimate of drug-likeness (QED) is 0.684. The molecule has 0 spiro atoms. The average molecular weight is 381 g/mol. The maximum atomic E-state index is 12.5. The summed E-state index contributed by atoms with van der Waals surface area (Å²) >= 11 is 0. The number of amides is 3. The van der Waals surface area contributed by atoms with E-state index in [0.29, 0.717) is 35.6 Å². The zero-order valence-corrected chi connectivity index (χ0v) is 15.7. The molecule has 2 aliphatic carbocycles. The summed E-state index contributed by atoms with van der Waals surface area (Å²) < 4.78 is 5.47. The van der Waals surface area contributed by atoms with Gasteiger partial charge in [0, 0.05) is 23.7 Å². The molecule has 0 atom stereocenters. The Bertz CT molecular complexity index is 954. The van der Waals surface area contributed by atoms with Gasteiger partial charge < -0.3 is 20.8 Å². The molecule has 4 N–H and O–H groups in total. The lowest BCUT2D eigenvalue weighted by Crippen LogP contribution is -2.37. The van der Waals surface area contributed by atoms with Gasteiger partial charge >= 0.3 is 0 Å². The van der Waals surface area contributed by atoms with Gasteiger partial charge in [-0.05, 0) is 56.4 Å². The predicted molar refractivity (Wildman–Crippen MR) is 103 cm³/mol. The molecule has 28 heavy (non-hydrogen) atoms. The third-order valence-electron chi connectivity index (χ3n) is 5.57. The van der Waals surface area contributed by atoms with Crippen LogP contribution in [0, 0.1) is 12.3 Å². The standard InChI is InChI=1S/C21H23N3O4/c1-12-2-3-14(18(25)23-11-21(6-7-21)20(22)27)8-16(12)24-19(26)15-9-17(28-10-15)13-4-5-13/h2-3,8-10,13H,4-7,11H2,1H3,(H2,22,27)(H,23,25)(H,24,26). The maximum absolute atomic E-state index is 12.5. The number of furan rings is 1. The Morgan fingerprint density at radius 2 is 1.89 bits per heavy atom. The third-order valence-corrected chi connectivity index (χ3v) is 5.57. The second kappa shape index (κ2) is 6.82. The highest BCUT2D eigenvalue weighted by molar-refractivity contribution is 6.05. The largest absolute Gasteiger partial charge is 0.468 e. The molecule has 0 aliphatic heterocycles. The Balaban J connectivity index is 1.43. The lowest BCUT2D eigenvalue weighted by Gasteiger charge is -2.13. The van der Waals surface area contributed by atoms with Crippen LogP contribution in [0.3, 0.4) is 0 Å². The summed E-state index contributed by atoms with van der Waals surface area (Å²) in [5, 5.41) is 5.61. The summed E-state index contributed by atoms with van der Waals surface area (Å²) in [5.74, 6) is 0.323. The van der Waals surface area contributed by atoms with Crippen molar-refractivity contribution in [3.8, 4) is 0 Å². The zero-order valence-electron chi connectivity index (χ0n) is 15.7. The molecular formula is C21H23N3O4. The van der Waals surface area contributed by atoms with Gasteiger partial charge in [0.25, 0.3) is 11.8 Å². The maximum Gasteiger partial charge on any atom is 0.258 e. The molecule has 7 heteroatoms. The first-order valence-electron chi connectivity index (χ1n) is 9.46. The number of anilines is 1. The van der Waals surface area contributed by atoms with Gasteiger partial charge in [-0.15, -0.1) is 0 Å². The van der Waals surface area contributed by atoms with E-state index in [-0.39, 0.29) is 24.3 Å². The van der Waals surface area contributed by atoms with Gasteiger partial charge in [0.1, 0.15) is 12.0 Å². The second-order valence-corrected chi connectivity index (χ2v) is 7.82. The van der Waals surface area contributed by atoms with Crippen molar-refractivity contribution in [3.63, 3.8) is 0 Å². The number of aryl methyl sites for hydroxylation is 1. The Labute approximate surface area is 162 Å². The van der Waals surface area contributed by atoms with Crippen LogP contribution in [0.1, 0.15) is 63.6 Å². The highest BCUT2D eigenvalue weighted by Crippen LogP contribution is 2.44. The molecule has 2 aliphatic rings. The first kappa shape index (κ1) is 18.3. The fourth-order valence-electron chi connectivity index (χ4n) is 3.16. The van der Waals surface area contributed by atoms with Crippen molar-refractivity contribution in [2.24, 2.45) is 11.1 Å². The van der Waals surface area contributed by atoms with Gasteiger partial charge in [-0.1, -0.05) is 6.07 Å². The normalized spacial score (nSPS) is 17.0. The number of nitrogens with one attached hydrogen (secondary N) is 2. The van der Waals surface area contributed by atoms with Crippen LogP contribution >= 0.6 is 0 Å². The van der Waals surface area contributed by atoms with E-state index >= 15 is 0 Å². The number of benzene rings is 1. The molecule has 0 radical (unpaired) electrons. The van der Waals surface area contributed by atoms with Crippen molar-refractivity contribution in [2.75, 3.05) is 11.9 Å². The number of hydrogen-bond acceptors (Lipinski definition) is 4. The molecule has 146 valence electrons. The van der Waals surface area contributed by atoms with Crippen LogP contribution in [0.25, 0.3) is 0 Å². The Morgan fingerprint density at radius 1 is 1.14 bits per heavy atom. The van der Waals surface area contributed by atoms with E-state index in [2.05, 4.69) is 10.6 Å². The Kier molecular flexibility index (Phi) is 4.45. The minimum atomic E-state index is -0.599. The fraction of sp³-hybridized carbons (Fsp3) is 0.381. The van der Waals surface area contributed by atoms with Crippen LogP contribution in [0.2, 0.25) is 0 Å². The molecular weight excluding hydrogens is 358 g/mol. The highest BCUT2D eigenvalue weighted by Gasteiger charge is 2.48. The van der Waals surface area contributed by atoms with E-state index in [1.165, 1.54) is 6.26 Å². The van der Waals surface area contributed by atoms with Gasteiger partial charge in [-0.3, -0.25) is 14.4 Å². The summed E-state index contributed by atoms with van der Waals surface area (Å²) in [6.45, 7) is 2.09. The number of primary amides is 1. The SMILES string of the molecule is Cc1ccc(C(=O)NCC2(C(N)=O)CC2)cc1NC(=O)c1coc(C2CC2)c1. The molecule has 2 fully saturated rings. The van der Waals surface area contributed by atoms with Crippen molar-refractivity contribution in [1.29, 1.82) is 0 Å². The van der Waals surface area contributed by atoms with Crippen molar-refractivity contribution in [1.82, 2.24) is 5.32 Å². The van der Waals surface area contributed by atoms with Crippen molar-refractivity contribution < 1.29 is 18.8 Å². The summed E-state index contributed by atoms with van der Waals surface area (Å²) in [6.07, 6.45) is 5.06. The molecule has 1 aromatic heterocycles. The van der Waals surface area contributed by atoms with Crippen LogP contribution in [-0.4, -0.2) is 24.3 Å². The molecule has 0 bridgehead atoms. The van der Waals surface area contributed by atoms with Gasteiger partial charge in [-0.2, -0.15) is 0 Å². The van der Waals surface area contributed by atoms with Crippen molar-refractivity contribution >= 4 is 23.4 Å². The Hall–Kier alpha value is -3.09. The molecule has 1 heterocycles. The average Bonchev–Trinajstić information content (AvgIpc) is 3.60. The zero-order chi connectivity index (χ0) is 19.9. The molecule has 0 unspecified atom stereocenters. The summed E-state index contributed by atoms with van der Waals surface area (Å²) in [7, 11) is 0. The van der Waals surface area contributed by atoms with Crippen LogP contribution in [-0.2, 0) is 4.79 Å². The first-order valence-corrected chi connectivity index (χ1v) is 9.46. The van der Waals surface area contributed by atoms with Crippen LogP contribution in [0.15, 0.2) is 34.9 Å². The number of rotatable bonds is 7. The van der Waals surface area contributed by atoms with E-state index in [4.69, 9.17) is 10.2 Å². The number of hydrogen-bond donors (Lipinski definition) is 3. The molecule has 3 amide bonds. The lowest BCUT2D eigenvalue weighted by atomic mass is 10.1. The van der Waals surface area contributed by atoms with Gasteiger partial charge in [0.05, 0.1) is 11.0 Å². The topological polar surface area (TPSA) is 114 Å². The van der Waals surface area contributed by atoms with Gasteiger partial charge in [-0.25, -0.2) is 0 Å². The van der Waals surface area contributed by atoms with E-state index in [9.17, 15) is 14.4 Å². The van der Waals surface area contributed by atoms with Crippen LogP contribution < -0.4 is 16.4 Å². The predicted octanol–water partition coefficient (Wildman–Crippen LogP) is 2.71. The van der Waals surface area contributed by atoms with Crippen LogP contribution in [0.4, 0.5) is 5.69 Å². The second-order valence-electron chi connectivity index (χ2n) is 7.82. The summed E-state index contributed by atoms with van der Waals surface area (Å²) in [6, 6.07) is 6.87. The van der Waals surface area contributed by atoms with Crippen molar-refractivity contribution in [3.05, 3.63) is 53.0 Å². The highest BCUT2D eigenvalue weighted by atomic mass is 16.3. The third kappa shape index (κ3) is 3.65. The molecule has 1 aromatic carbocycles. The molecule has 7 nitrogen and oxygen atoms in total. The number of nitrogens with two attached hydrogens (primary N) is 1. The van der Waals surface area contributed by atoms with Gasteiger partial charge in [0.2, 0.25) is 5.91 Å². The van der Waals surface area contributed by atoms with Gasteiger partial charge in [0.15, 0.2) is 0 Å². The summed E-state index contributed by atoms with van der Waals surface area (Å²) in [5.41, 5.74) is 7.06. The molecule has 0 saturated heterocycles. The monoisotopic (exact) mass is 381 g/mol. The smallest absolute Gasteiger partial charge is 0.258 e. The lowest BCUT2D eigenvalue weighted by molar-refractivity contribution is -0.122. The number of carbonyl (C=O) groups is 3. The Morgan fingerprint density at radius 3 is 2.54 bits per heavy atom. The fourth-order valence-corrected chi connectivity index (χ4v) is 3.16. The van der Waals surface area contributed by atoms with Crippen LogP contribution in [0.5, 0.6) is 0 Å². The summed E-state index contributed by atoms with van der Waals surface area (Å²) in [4.78, 5) is 36.4. The molecule has 4 rings (SSSR count). The van der Waals surface area contributed by atoms with Crippen molar-refractivity contribution in [2.45, 2.75) is 38.5 Å². The molecule has 2 aromatic rings. The van der Waals surface area contributed by atoms with E-state index in [0.717, 1.165) is 24.2 Å². The number of carbonyl (C=O) groups excluding carboxylic acids is 3.